The van der Waals surface area contributed by atoms with E-state index in [1.807, 2.05) is 0 Å². The Bertz CT molecular complexity index is 303. The van der Waals surface area contributed by atoms with Crippen molar-refractivity contribution in [3.8, 4) is 0 Å². The van der Waals surface area contributed by atoms with Gasteiger partial charge >= 0.3 is 0 Å². The van der Waals surface area contributed by atoms with Crippen LogP contribution in [0, 0.1) is 0 Å². The smallest absolute Gasteiger partial charge is 0.0678 e. The number of nitrogens with zero attached hydrogens (tertiary/aromatic N) is 2. The summed E-state index contributed by atoms with van der Waals surface area (Å²) in [5.41, 5.74) is 0. The van der Waals surface area contributed by atoms with Gasteiger partial charge in [-0.25, -0.2) is 0 Å². The standard InChI is InChI=1S/C18H36N2O3/c1-13(19-7-15(3)22-16(4)8-19)11-21-12-14(2)20-9-17(5)23-18(6)10-20/h13-18H,7-12H2,1-6H3. The maximum atomic E-state index is 6.04. The number of ether oxygens (including phenoxy) is 3. The monoisotopic (exact) mass is 328 g/mol. The van der Waals surface area contributed by atoms with Gasteiger partial charge in [0.1, 0.15) is 0 Å². The number of hydrogen-bond acceptors (Lipinski definition) is 5. The minimum atomic E-state index is 0.316. The summed E-state index contributed by atoms with van der Waals surface area (Å²) in [6.45, 7) is 18.7. The maximum absolute atomic E-state index is 6.04. The van der Waals surface area contributed by atoms with Crippen molar-refractivity contribution in [3.05, 3.63) is 0 Å². The van der Waals surface area contributed by atoms with Gasteiger partial charge in [0.2, 0.25) is 0 Å². The fourth-order valence-corrected chi connectivity index (χ4v) is 3.78. The normalized spacial score (nSPS) is 36.8. The highest BCUT2D eigenvalue weighted by molar-refractivity contribution is 4.79. The van der Waals surface area contributed by atoms with Crippen LogP contribution in [-0.4, -0.2) is 85.7 Å². The molecule has 2 aliphatic heterocycles. The molecule has 0 aromatic heterocycles. The molecular weight excluding hydrogens is 292 g/mol. The van der Waals surface area contributed by atoms with Gasteiger partial charge in [0.15, 0.2) is 0 Å². The second kappa shape index (κ2) is 8.77. The molecule has 0 aromatic carbocycles. The lowest BCUT2D eigenvalue weighted by Gasteiger charge is -2.40. The van der Waals surface area contributed by atoms with Crippen LogP contribution in [0.25, 0.3) is 0 Å². The molecule has 23 heavy (non-hydrogen) atoms. The van der Waals surface area contributed by atoms with Crippen molar-refractivity contribution in [2.75, 3.05) is 39.4 Å². The van der Waals surface area contributed by atoms with Crippen LogP contribution in [0.1, 0.15) is 41.5 Å². The molecule has 0 amide bonds. The minimum Gasteiger partial charge on any atom is -0.378 e. The maximum Gasteiger partial charge on any atom is 0.0678 e. The summed E-state index contributed by atoms with van der Waals surface area (Å²) in [6, 6.07) is 0.886. The third-order valence-corrected chi connectivity index (χ3v) is 4.86. The van der Waals surface area contributed by atoms with E-state index in [0.29, 0.717) is 36.5 Å². The lowest BCUT2D eigenvalue weighted by Crippen LogP contribution is -2.52. The fraction of sp³-hybridized carbons (Fsp3) is 1.00. The van der Waals surface area contributed by atoms with E-state index in [1.54, 1.807) is 0 Å². The topological polar surface area (TPSA) is 34.2 Å². The van der Waals surface area contributed by atoms with E-state index >= 15 is 0 Å². The minimum absolute atomic E-state index is 0.316. The molecule has 2 fully saturated rings. The van der Waals surface area contributed by atoms with Crippen molar-refractivity contribution in [2.45, 2.75) is 78.0 Å². The van der Waals surface area contributed by atoms with E-state index in [4.69, 9.17) is 14.2 Å². The van der Waals surface area contributed by atoms with Crippen molar-refractivity contribution in [1.82, 2.24) is 9.80 Å². The van der Waals surface area contributed by atoms with E-state index in [1.165, 1.54) is 0 Å². The van der Waals surface area contributed by atoms with Crippen LogP contribution in [0.4, 0.5) is 0 Å². The lowest BCUT2D eigenvalue weighted by atomic mass is 10.1. The summed E-state index contributed by atoms with van der Waals surface area (Å²) in [6.07, 6.45) is 1.26. The molecule has 2 saturated heterocycles. The third kappa shape index (κ3) is 5.98. The Hall–Kier alpha value is -0.200. The molecule has 2 aliphatic rings. The van der Waals surface area contributed by atoms with E-state index in [0.717, 1.165) is 39.4 Å². The first kappa shape index (κ1) is 19.1. The van der Waals surface area contributed by atoms with Crippen LogP contribution in [0.5, 0.6) is 0 Å². The molecule has 5 nitrogen and oxygen atoms in total. The highest BCUT2D eigenvalue weighted by Crippen LogP contribution is 2.15. The van der Waals surface area contributed by atoms with Crippen molar-refractivity contribution >= 4 is 0 Å². The molecule has 5 heteroatoms. The molecule has 6 atom stereocenters. The van der Waals surface area contributed by atoms with Gasteiger partial charge in [0.05, 0.1) is 37.6 Å². The highest BCUT2D eigenvalue weighted by atomic mass is 16.5. The quantitative estimate of drug-likeness (QED) is 0.745. The van der Waals surface area contributed by atoms with Crippen LogP contribution >= 0.6 is 0 Å². The van der Waals surface area contributed by atoms with Crippen LogP contribution in [0.15, 0.2) is 0 Å². The van der Waals surface area contributed by atoms with Gasteiger partial charge in [-0.3, -0.25) is 9.80 Å². The number of morpholine rings is 2. The molecule has 0 aromatic rings. The first-order valence-electron chi connectivity index (χ1n) is 9.22. The van der Waals surface area contributed by atoms with E-state index in [9.17, 15) is 0 Å². The Morgan fingerprint density at radius 2 is 1.04 bits per heavy atom. The predicted molar refractivity (Wildman–Crippen MR) is 92.9 cm³/mol. The third-order valence-electron chi connectivity index (χ3n) is 4.86. The summed E-state index contributed by atoms with van der Waals surface area (Å²) in [5, 5.41) is 0. The molecule has 0 N–H and O–H groups in total. The average Bonchev–Trinajstić information content (AvgIpc) is 2.44. The summed E-state index contributed by atoms with van der Waals surface area (Å²) in [5.74, 6) is 0. The van der Waals surface area contributed by atoms with Crippen LogP contribution in [-0.2, 0) is 14.2 Å². The molecule has 2 rings (SSSR count). The van der Waals surface area contributed by atoms with Crippen LogP contribution in [0.2, 0.25) is 0 Å². The zero-order valence-electron chi connectivity index (χ0n) is 15.8. The van der Waals surface area contributed by atoms with Crippen molar-refractivity contribution < 1.29 is 14.2 Å². The summed E-state index contributed by atoms with van der Waals surface area (Å²) >= 11 is 0. The Balaban J connectivity index is 1.69. The average molecular weight is 328 g/mol. The van der Waals surface area contributed by atoms with E-state index in [-0.39, 0.29) is 0 Å². The summed E-state index contributed by atoms with van der Waals surface area (Å²) in [7, 11) is 0. The molecule has 0 bridgehead atoms. The lowest BCUT2D eigenvalue weighted by molar-refractivity contribution is -0.0976. The van der Waals surface area contributed by atoms with Crippen LogP contribution in [0.3, 0.4) is 0 Å². The van der Waals surface area contributed by atoms with E-state index < -0.39 is 0 Å². The Labute approximate surface area is 142 Å². The van der Waals surface area contributed by atoms with Crippen molar-refractivity contribution in [1.29, 1.82) is 0 Å². The molecule has 0 saturated carbocycles. The van der Waals surface area contributed by atoms with Crippen molar-refractivity contribution in [3.63, 3.8) is 0 Å². The number of hydrogen-bond donors (Lipinski definition) is 0. The van der Waals surface area contributed by atoms with Gasteiger partial charge in [-0.1, -0.05) is 0 Å². The van der Waals surface area contributed by atoms with Gasteiger partial charge < -0.3 is 14.2 Å². The van der Waals surface area contributed by atoms with Gasteiger partial charge in [-0.15, -0.1) is 0 Å². The molecular formula is C18H36N2O3. The molecule has 0 radical (unpaired) electrons. The SMILES string of the molecule is CC1CN(C(C)COCC(C)N2CC(C)OC(C)C2)CC(C)O1. The highest BCUT2D eigenvalue weighted by Gasteiger charge is 2.27. The van der Waals surface area contributed by atoms with Gasteiger partial charge in [0, 0.05) is 38.3 Å². The second-order valence-electron chi connectivity index (χ2n) is 7.66. The first-order valence-corrected chi connectivity index (χ1v) is 9.22. The molecule has 2 heterocycles. The predicted octanol–water partition coefficient (Wildman–Crippen LogP) is 2.00. The largest absolute Gasteiger partial charge is 0.378 e. The zero-order chi connectivity index (χ0) is 17.0. The molecule has 0 aliphatic carbocycles. The van der Waals surface area contributed by atoms with Crippen LogP contribution < -0.4 is 0 Å². The fourth-order valence-electron chi connectivity index (χ4n) is 3.78. The zero-order valence-corrected chi connectivity index (χ0v) is 15.8. The second-order valence-corrected chi connectivity index (χ2v) is 7.66. The van der Waals surface area contributed by atoms with E-state index in [2.05, 4.69) is 51.3 Å². The first-order chi connectivity index (χ1) is 10.8. The Morgan fingerprint density at radius 1 is 0.739 bits per heavy atom. The molecule has 0 spiro atoms. The van der Waals surface area contributed by atoms with Crippen molar-refractivity contribution in [2.24, 2.45) is 0 Å². The van der Waals surface area contributed by atoms with Gasteiger partial charge in [-0.05, 0) is 41.5 Å². The Kier molecular flexibility index (Phi) is 7.29. The van der Waals surface area contributed by atoms with Gasteiger partial charge in [0.25, 0.3) is 0 Å². The van der Waals surface area contributed by atoms with Gasteiger partial charge in [-0.2, -0.15) is 0 Å². The summed E-state index contributed by atoms with van der Waals surface area (Å²) < 4.78 is 17.7. The molecule has 6 unspecified atom stereocenters. The summed E-state index contributed by atoms with van der Waals surface area (Å²) in [4.78, 5) is 4.98. The Morgan fingerprint density at radius 3 is 1.35 bits per heavy atom. The number of rotatable bonds is 6. The molecule has 136 valence electrons.